The van der Waals surface area contributed by atoms with Gasteiger partial charge in [0.05, 0.1) is 6.20 Å². The quantitative estimate of drug-likeness (QED) is 0.668. The fraction of sp³-hybridized carbons (Fsp3) is 0.222. The van der Waals surface area contributed by atoms with E-state index >= 15 is 0 Å². The highest BCUT2D eigenvalue weighted by Gasteiger charge is 2.26. The maximum atomic E-state index is 14.5. The van der Waals surface area contributed by atoms with Crippen LogP contribution in [0.5, 0.6) is 0 Å². The molecule has 0 unspecified atom stereocenters. The largest absolute Gasteiger partial charge is 0.338 e. The van der Waals surface area contributed by atoms with Crippen LogP contribution in [0.2, 0.25) is 0 Å². The Balaban J connectivity index is 1.86. The molecular formula is C18H16BrFN4O. The molecule has 0 radical (unpaired) electrons. The van der Waals surface area contributed by atoms with Gasteiger partial charge in [0.25, 0.3) is 5.91 Å². The summed E-state index contributed by atoms with van der Waals surface area (Å²) in [6.07, 6.45) is 7.20. The van der Waals surface area contributed by atoms with Gasteiger partial charge in [-0.3, -0.25) is 4.79 Å². The van der Waals surface area contributed by atoms with Gasteiger partial charge in [-0.15, -0.1) is 0 Å². The van der Waals surface area contributed by atoms with Gasteiger partial charge in [-0.25, -0.2) is 9.07 Å². The molecule has 1 aromatic carbocycles. The van der Waals surface area contributed by atoms with Crippen molar-refractivity contribution in [1.29, 1.82) is 0 Å². The van der Waals surface area contributed by atoms with Gasteiger partial charge in [-0.2, -0.15) is 5.10 Å². The third-order valence-electron chi connectivity index (χ3n) is 4.35. The van der Waals surface area contributed by atoms with Gasteiger partial charge in [0, 0.05) is 30.0 Å². The predicted octanol–water partition coefficient (Wildman–Crippen LogP) is 3.80. The van der Waals surface area contributed by atoms with Crippen molar-refractivity contribution >= 4 is 21.8 Å². The average Bonchev–Trinajstić information content (AvgIpc) is 3.34. The molecule has 1 aliphatic rings. The van der Waals surface area contributed by atoms with Gasteiger partial charge < -0.3 is 9.47 Å². The van der Waals surface area contributed by atoms with Crippen LogP contribution in [0.15, 0.2) is 53.4 Å². The van der Waals surface area contributed by atoms with Crippen LogP contribution in [0.4, 0.5) is 4.39 Å². The van der Waals surface area contributed by atoms with E-state index in [2.05, 4.69) is 21.0 Å². The van der Waals surface area contributed by atoms with Crippen molar-refractivity contribution in [2.24, 2.45) is 0 Å². The summed E-state index contributed by atoms with van der Waals surface area (Å²) in [5.74, 6) is 0.0687. The third kappa shape index (κ3) is 2.89. The molecule has 0 aliphatic carbocycles. The molecule has 3 heterocycles. The number of amides is 1. The molecular weight excluding hydrogens is 387 g/mol. The zero-order chi connectivity index (χ0) is 17.4. The molecule has 128 valence electrons. The van der Waals surface area contributed by atoms with Gasteiger partial charge in [0.1, 0.15) is 17.1 Å². The van der Waals surface area contributed by atoms with E-state index in [4.69, 9.17) is 0 Å². The summed E-state index contributed by atoms with van der Waals surface area (Å²) >= 11 is 3.26. The second-order valence-corrected chi connectivity index (χ2v) is 6.89. The molecule has 4 rings (SSSR count). The zero-order valence-electron chi connectivity index (χ0n) is 13.4. The van der Waals surface area contributed by atoms with Gasteiger partial charge in [-0.1, -0.05) is 15.9 Å². The summed E-state index contributed by atoms with van der Waals surface area (Å²) in [4.78, 5) is 14.7. The number of rotatable bonds is 3. The monoisotopic (exact) mass is 402 g/mol. The zero-order valence-corrected chi connectivity index (χ0v) is 15.0. The molecule has 1 amide bonds. The molecule has 1 saturated heterocycles. The number of hydrogen-bond acceptors (Lipinski definition) is 2. The summed E-state index contributed by atoms with van der Waals surface area (Å²) in [7, 11) is 0. The van der Waals surface area contributed by atoms with E-state index in [0.717, 1.165) is 25.9 Å². The maximum absolute atomic E-state index is 14.5. The van der Waals surface area contributed by atoms with Crippen molar-refractivity contribution in [3.8, 4) is 11.5 Å². The minimum atomic E-state index is -0.411. The fourth-order valence-electron chi connectivity index (χ4n) is 3.14. The van der Waals surface area contributed by atoms with E-state index in [-0.39, 0.29) is 5.91 Å². The van der Waals surface area contributed by atoms with Crippen LogP contribution >= 0.6 is 15.9 Å². The molecule has 0 bridgehead atoms. The fourth-order valence-corrected chi connectivity index (χ4v) is 3.47. The smallest absolute Gasteiger partial charge is 0.259 e. The van der Waals surface area contributed by atoms with Crippen molar-refractivity contribution in [1.82, 2.24) is 19.2 Å². The van der Waals surface area contributed by atoms with Crippen LogP contribution < -0.4 is 0 Å². The highest BCUT2D eigenvalue weighted by Crippen LogP contribution is 2.25. The minimum absolute atomic E-state index is 0.0648. The highest BCUT2D eigenvalue weighted by molar-refractivity contribution is 9.10. The van der Waals surface area contributed by atoms with Crippen molar-refractivity contribution in [2.75, 3.05) is 13.1 Å². The molecule has 5 nitrogen and oxygen atoms in total. The van der Waals surface area contributed by atoms with E-state index in [9.17, 15) is 9.18 Å². The molecule has 2 aromatic heterocycles. The van der Waals surface area contributed by atoms with E-state index in [1.54, 1.807) is 16.7 Å². The lowest BCUT2D eigenvalue weighted by Gasteiger charge is -2.16. The lowest BCUT2D eigenvalue weighted by molar-refractivity contribution is 0.0793. The molecule has 0 atom stereocenters. The summed E-state index contributed by atoms with van der Waals surface area (Å²) in [5, 5.41) is 4.32. The molecule has 3 aromatic rings. The average molecular weight is 403 g/mol. The van der Waals surface area contributed by atoms with Gasteiger partial charge in [0.2, 0.25) is 0 Å². The Morgan fingerprint density at radius 3 is 2.56 bits per heavy atom. The number of nitrogens with zero attached hydrogens (tertiary/aromatic N) is 4. The topological polar surface area (TPSA) is 43.1 Å². The van der Waals surface area contributed by atoms with Crippen LogP contribution in [0.25, 0.3) is 11.5 Å². The maximum Gasteiger partial charge on any atom is 0.259 e. The molecule has 1 aliphatic heterocycles. The van der Waals surface area contributed by atoms with E-state index in [1.807, 2.05) is 29.4 Å². The second-order valence-electron chi connectivity index (χ2n) is 5.98. The first-order valence-electron chi connectivity index (χ1n) is 8.11. The van der Waals surface area contributed by atoms with E-state index in [0.29, 0.717) is 21.5 Å². The Hall–Kier alpha value is -2.41. The van der Waals surface area contributed by atoms with Crippen LogP contribution in [-0.4, -0.2) is 38.2 Å². The number of likely N-dealkylation sites (tertiary alicyclic amines) is 1. The first kappa shape index (κ1) is 16.1. The Morgan fingerprint density at radius 2 is 1.88 bits per heavy atom. The highest BCUT2D eigenvalue weighted by atomic mass is 79.9. The Kier molecular flexibility index (Phi) is 4.17. The number of halogens is 2. The molecule has 25 heavy (non-hydrogen) atoms. The summed E-state index contributed by atoms with van der Waals surface area (Å²) in [6.45, 7) is 1.50. The van der Waals surface area contributed by atoms with E-state index < -0.39 is 5.82 Å². The second kappa shape index (κ2) is 6.48. The molecule has 1 fully saturated rings. The Bertz CT molecular complexity index is 913. The van der Waals surface area contributed by atoms with Gasteiger partial charge in [-0.05, 0) is 43.2 Å². The van der Waals surface area contributed by atoms with Crippen molar-refractivity contribution in [3.63, 3.8) is 0 Å². The predicted molar refractivity (Wildman–Crippen MR) is 95.7 cm³/mol. The summed E-state index contributed by atoms with van der Waals surface area (Å²) in [5.41, 5.74) is 0.771. The lowest BCUT2D eigenvalue weighted by Crippen LogP contribution is -2.28. The Labute approximate surface area is 152 Å². The SMILES string of the molecule is O=C(c1cnn(-c2ccc(Br)cc2F)c1-n1cccc1)N1CCCC1. The Morgan fingerprint density at radius 1 is 1.16 bits per heavy atom. The van der Waals surface area contributed by atoms with Crippen LogP contribution in [-0.2, 0) is 0 Å². The third-order valence-corrected chi connectivity index (χ3v) is 4.85. The van der Waals surface area contributed by atoms with Crippen LogP contribution in [0.3, 0.4) is 0 Å². The number of benzene rings is 1. The standard InChI is InChI=1S/C18H16BrFN4O/c19-13-5-6-16(15(20)11-13)24-17(22-7-1-2-8-22)14(12-21-24)18(25)23-9-3-4-10-23/h1-2,5-8,11-12H,3-4,9-10H2. The van der Waals surface area contributed by atoms with Crippen molar-refractivity contribution < 1.29 is 9.18 Å². The number of carbonyl (C=O) groups is 1. The van der Waals surface area contributed by atoms with Crippen molar-refractivity contribution in [3.05, 3.63) is 64.8 Å². The molecule has 0 spiro atoms. The first-order chi connectivity index (χ1) is 12.1. The first-order valence-corrected chi connectivity index (χ1v) is 8.90. The molecule has 7 heteroatoms. The van der Waals surface area contributed by atoms with Gasteiger partial charge in [0.15, 0.2) is 5.82 Å². The molecule has 0 saturated carbocycles. The number of aromatic nitrogens is 3. The van der Waals surface area contributed by atoms with Gasteiger partial charge >= 0.3 is 0 Å². The number of carbonyl (C=O) groups excluding carboxylic acids is 1. The lowest BCUT2D eigenvalue weighted by atomic mass is 10.2. The van der Waals surface area contributed by atoms with Crippen LogP contribution in [0, 0.1) is 5.82 Å². The normalized spacial score (nSPS) is 14.2. The summed E-state index contributed by atoms with van der Waals surface area (Å²) < 4.78 is 18.4. The van der Waals surface area contributed by atoms with Crippen molar-refractivity contribution in [2.45, 2.75) is 12.8 Å². The number of hydrogen-bond donors (Lipinski definition) is 0. The minimum Gasteiger partial charge on any atom is -0.338 e. The van der Waals surface area contributed by atoms with Crippen LogP contribution in [0.1, 0.15) is 23.2 Å². The van der Waals surface area contributed by atoms with E-state index in [1.165, 1.54) is 16.9 Å². The molecule has 0 N–H and O–H groups in total. The summed E-state index contributed by atoms with van der Waals surface area (Å²) in [6, 6.07) is 8.50.